The number of rotatable bonds is 4. The number of hydrogen-bond acceptors (Lipinski definition) is 6. The number of nitrogens with zero attached hydrogens (tertiary/aromatic N) is 2. The van der Waals surface area contributed by atoms with Gasteiger partial charge in [-0.3, -0.25) is 19.7 Å². The van der Waals surface area contributed by atoms with Gasteiger partial charge in [0.1, 0.15) is 5.75 Å². The highest BCUT2D eigenvalue weighted by molar-refractivity contribution is 9.10. The van der Waals surface area contributed by atoms with Crippen LogP contribution in [0.25, 0.3) is 0 Å². The third-order valence-corrected chi connectivity index (χ3v) is 4.35. The molecule has 5 amide bonds. The summed E-state index contributed by atoms with van der Waals surface area (Å²) in [5.41, 5.74) is 2.38. The normalized spacial score (nSPS) is 17.0. The van der Waals surface area contributed by atoms with Gasteiger partial charge in [-0.2, -0.15) is 5.10 Å². The van der Waals surface area contributed by atoms with E-state index in [2.05, 4.69) is 31.8 Å². The minimum absolute atomic E-state index is 0.0225. The Kier molecular flexibility index (Phi) is 5.50. The molecule has 0 aliphatic carbocycles. The highest BCUT2D eigenvalue weighted by Gasteiger charge is 2.40. The number of phenols is 1. The molecule has 9 nitrogen and oxygen atoms in total. The van der Waals surface area contributed by atoms with Gasteiger partial charge in [0.25, 0.3) is 11.8 Å². The molecule has 0 radical (unpaired) electrons. The molecule has 0 bridgehead atoms. The van der Waals surface area contributed by atoms with Crippen molar-refractivity contribution in [1.29, 1.82) is 0 Å². The molecule has 142 valence electrons. The minimum Gasteiger partial charge on any atom is -0.507 e. The lowest BCUT2D eigenvalue weighted by Crippen LogP contribution is -2.58. The Balaban J connectivity index is 1.76. The SMILES string of the molecule is O=C(N/N=C\[C@H]1C(=O)NC(=O)N(c2ccc(Br)cc2)C1=O)c1ccccc1O. The van der Waals surface area contributed by atoms with Crippen LogP contribution in [0.2, 0.25) is 0 Å². The third kappa shape index (κ3) is 3.91. The Labute approximate surface area is 167 Å². The number of aromatic hydroxyl groups is 1. The number of halogens is 1. The zero-order chi connectivity index (χ0) is 20.3. The van der Waals surface area contributed by atoms with Gasteiger partial charge in [-0.05, 0) is 36.4 Å². The fourth-order valence-corrected chi connectivity index (χ4v) is 2.72. The van der Waals surface area contributed by atoms with Crippen LogP contribution in [0.4, 0.5) is 10.5 Å². The molecule has 2 aromatic rings. The fraction of sp³-hybridized carbons (Fsp3) is 0.0556. The molecule has 28 heavy (non-hydrogen) atoms. The largest absolute Gasteiger partial charge is 0.507 e. The van der Waals surface area contributed by atoms with Gasteiger partial charge < -0.3 is 5.11 Å². The zero-order valence-electron chi connectivity index (χ0n) is 14.1. The smallest absolute Gasteiger partial charge is 0.335 e. The van der Waals surface area contributed by atoms with E-state index in [1.54, 1.807) is 24.3 Å². The van der Waals surface area contributed by atoms with Crippen LogP contribution in [-0.2, 0) is 9.59 Å². The Morgan fingerprint density at radius 3 is 2.50 bits per heavy atom. The number of barbiturate groups is 1. The monoisotopic (exact) mass is 444 g/mol. The Morgan fingerprint density at radius 1 is 1.14 bits per heavy atom. The van der Waals surface area contributed by atoms with Gasteiger partial charge in [-0.15, -0.1) is 0 Å². The van der Waals surface area contributed by atoms with Crippen molar-refractivity contribution in [3.05, 3.63) is 58.6 Å². The number of hydrogen-bond donors (Lipinski definition) is 3. The summed E-state index contributed by atoms with van der Waals surface area (Å²) in [6.45, 7) is 0. The van der Waals surface area contributed by atoms with Crippen molar-refractivity contribution in [2.75, 3.05) is 4.90 Å². The van der Waals surface area contributed by atoms with Gasteiger partial charge in [-0.1, -0.05) is 28.1 Å². The average molecular weight is 445 g/mol. The summed E-state index contributed by atoms with van der Waals surface area (Å²) in [7, 11) is 0. The summed E-state index contributed by atoms with van der Waals surface area (Å²) in [6, 6.07) is 11.3. The first-order valence-electron chi connectivity index (χ1n) is 7.94. The number of anilines is 1. The van der Waals surface area contributed by atoms with E-state index in [1.165, 1.54) is 24.3 Å². The predicted octanol–water partition coefficient (Wildman–Crippen LogP) is 1.77. The minimum atomic E-state index is -1.41. The molecular formula is C18H13BrN4O5. The van der Waals surface area contributed by atoms with Crippen molar-refractivity contribution >= 4 is 51.6 Å². The number of nitrogens with one attached hydrogen (secondary N) is 2. The fourth-order valence-electron chi connectivity index (χ4n) is 2.45. The summed E-state index contributed by atoms with van der Waals surface area (Å²) in [4.78, 5) is 49.5. The number of carbonyl (C=O) groups is 4. The van der Waals surface area contributed by atoms with Gasteiger partial charge in [0.15, 0.2) is 5.92 Å². The van der Waals surface area contributed by atoms with Crippen molar-refractivity contribution in [2.24, 2.45) is 11.0 Å². The zero-order valence-corrected chi connectivity index (χ0v) is 15.7. The van der Waals surface area contributed by atoms with Crippen LogP contribution < -0.4 is 15.6 Å². The molecule has 1 heterocycles. The lowest BCUT2D eigenvalue weighted by molar-refractivity contribution is -0.131. The Bertz CT molecular complexity index is 990. The molecule has 1 atom stereocenters. The molecule has 1 aliphatic heterocycles. The highest BCUT2D eigenvalue weighted by Crippen LogP contribution is 2.22. The number of para-hydroxylation sites is 1. The Hall–Kier alpha value is -3.53. The maximum atomic E-state index is 12.6. The maximum Gasteiger partial charge on any atom is 0.335 e. The molecule has 3 rings (SSSR count). The van der Waals surface area contributed by atoms with Crippen LogP contribution in [-0.4, -0.2) is 35.1 Å². The summed E-state index contributed by atoms with van der Waals surface area (Å²) in [5, 5.41) is 15.3. The number of carbonyl (C=O) groups excluding carboxylic acids is 4. The summed E-state index contributed by atoms with van der Waals surface area (Å²) in [6.07, 6.45) is 0.924. The lowest BCUT2D eigenvalue weighted by Gasteiger charge is -2.28. The van der Waals surface area contributed by atoms with E-state index in [4.69, 9.17) is 0 Å². The van der Waals surface area contributed by atoms with Gasteiger partial charge in [-0.25, -0.2) is 15.1 Å². The van der Waals surface area contributed by atoms with E-state index >= 15 is 0 Å². The van der Waals surface area contributed by atoms with Crippen molar-refractivity contribution in [1.82, 2.24) is 10.7 Å². The van der Waals surface area contributed by atoms with Crippen LogP contribution >= 0.6 is 15.9 Å². The molecule has 0 unspecified atom stereocenters. The van der Waals surface area contributed by atoms with Crippen LogP contribution in [0.1, 0.15) is 10.4 Å². The van der Waals surface area contributed by atoms with Crippen LogP contribution in [0, 0.1) is 5.92 Å². The number of imide groups is 2. The van der Waals surface area contributed by atoms with Crippen LogP contribution in [0.3, 0.4) is 0 Å². The summed E-state index contributed by atoms with van der Waals surface area (Å²) < 4.78 is 0.752. The number of amides is 5. The standard InChI is InChI=1S/C18H13BrN4O5/c19-10-5-7-11(8-6-10)23-17(27)13(15(25)21-18(23)28)9-20-22-16(26)12-3-1-2-4-14(12)24/h1-9,13,24H,(H,22,26)(H,21,25,28)/b20-9-/t13-/m0/s1. The van der Waals surface area contributed by atoms with E-state index in [9.17, 15) is 24.3 Å². The first-order valence-corrected chi connectivity index (χ1v) is 8.73. The van der Waals surface area contributed by atoms with Crippen molar-refractivity contribution in [2.45, 2.75) is 0 Å². The van der Waals surface area contributed by atoms with Crippen molar-refractivity contribution in [3.8, 4) is 5.75 Å². The second kappa shape index (κ2) is 8.01. The third-order valence-electron chi connectivity index (χ3n) is 3.83. The summed E-state index contributed by atoms with van der Waals surface area (Å²) >= 11 is 3.26. The van der Waals surface area contributed by atoms with E-state index in [-0.39, 0.29) is 17.0 Å². The summed E-state index contributed by atoms with van der Waals surface area (Å²) in [5.74, 6) is -4.04. The average Bonchev–Trinajstić information content (AvgIpc) is 2.66. The van der Waals surface area contributed by atoms with Gasteiger partial charge in [0, 0.05) is 10.7 Å². The molecule has 0 aromatic heterocycles. The molecule has 0 spiro atoms. The molecule has 2 aromatic carbocycles. The molecule has 3 N–H and O–H groups in total. The molecule has 1 aliphatic rings. The Morgan fingerprint density at radius 2 is 1.82 bits per heavy atom. The first-order chi connectivity index (χ1) is 13.4. The van der Waals surface area contributed by atoms with Crippen molar-refractivity contribution < 1.29 is 24.3 Å². The topological polar surface area (TPSA) is 128 Å². The van der Waals surface area contributed by atoms with Crippen LogP contribution in [0.15, 0.2) is 58.1 Å². The first kappa shape index (κ1) is 19.2. The second-order valence-electron chi connectivity index (χ2n) is 5.66. The maximum absolute atomic E-state index is 12.6. The quantitative estimate of drug-likeness (QED) is 0.376. The number of urea groups is 1. The highest BCUT2D eigenvalue weighted by atomic mass is 79.9. The van der Waals surface area contributed by atoms with Gasteiger partial charge >= 0.3 is 6.03 Å². The molecular weight excluding hydrogens is 432 g/mol. The van der Waals surface area contributed by atoms with E-state index in [0.717, 1.165) is 15.6 Å². The lowest BCUT2D eigenvalue weighted by atomic mass is 10.1. The number of benzene rings is 2. The number of hydrazone groups is 1. The second-order valence-corrected chi connectivity index (χ2v) is 6.57. The van der Waals surface area contributed by atoms with E-state index < -0.39 is 29.7 Å². The van der Waals surface area contributed by atoms with E-state index in [1.807, 2.05) is 0 Å². The van der Waals surface area contributed by atoms with Gasteiger partial charge in [0.05, 0.1) is 11.3 Å². The molecule has 1 fully saturated rings. The van der Waals surface area contributed by atoms with Crippen LogP contribution in [0.5, 0.6) is 5.75 Å². The molecule has 1 saturated heterocycles. The molecule has 10 heteroatoms. The predicted molar refractivity (Wildman–Crippen MR) is 103 cm³/mol. The van der Waals surface area contributed by atoms with Crippen molar-refractivity contribution in [3.63, 3.8) is 0 Å². The number of phenolic OH excluding ortho intramolecular Hbond substituents is 1. The van der Waals surface area contributed by atoms with Gasteiger partial charge in [0.2, 0.25) is 5.91 Å². The molecule has 0 saturated carbocycles. The van der Waals surface area contributed by atoms with E-state index in [0.29, 0.717) is 0 Å².